The Kier molecular flexibility index (Phi) is 1.30. The minimum Gasteiger partial charge on any atom is -0.268 e. The van der Waals surface area contributed by atoms with E-state index < -0.39 is 0 Å². The summed E-state index contributed by atoms with van der Waals surface area (Å²) in [5.74, 6) is -0.125. The predicted octanol–water partition coefficient (Wildman–Crippen LogP) is -0.167. The average molecular weight is 167 g/mol. The molecule has 0 aromatic rings. The molecule has 0 aromatic carbocycles. The molecule has 0 aromatic heterocycles. The average Bonchev–Trinajstić information content (AvgIpc) is 2.35. The van der Waals surface area contributed by atoms with Crippen molar-refractivity contribution >= 4 is 5.91 Å². The van der Waals surface area contributed by atoms with Gasteiger partial charge in [0, 0.05) is 12.6 Å². The van der Waals surface area contributed by atoms with Crippen LogP contribution in [0.3, 0.4) is 0 Å². The standard InChI is InChI=1S/C6H9N5O/c1-4-3-5-10(2)8-9-11(5)7-6(4)12/h3,5H,1-2H3,(H,7,12). The zero-order valence-electron chi connectivity index (χ0n) is 6.85. The lowest BCUT2D eigenvalue weighted by Crippen LogP contribution is -2.50. The highest BCUT2D eigenvalue weighted by atomic mass is 16.2. The number of hydrogen-bond acceptors (Lipinski definition) is 5. The number of carbonyl (C=O) groups excluding carboxylic acids is 1. The van der Waals surface area contributed by atoms with E-state index in [0.29, 0.717) is 5.57 Å². The van der Waals surface area contributed by atoms with Crippen LogP contribution in [0.15, 0.2) is 22.1 Å². The van der Waals surface area contributed by atoms with Crippen LogP contribution in [0.1, 0.15) is 6.92 Å². The Hall–Kier alpha value is -1.59. The Morgan fingerprint density at radius 3 is 3.08 bits per heavy atom. The molecule has 0 aliphatic carbocycles. The number of hydrogen-bond donors (Lipinski definition) is 1. The highest BCUT2D eigenvalue weighted by Gasteiger charge is 2.31. The van der Waals surface area contributed by atoms with E-state index in [-0.39, 0.29) is 12.1 Å². The SMILES string of the molecule is CC1=CC2N(C)N=NN2NC1=O. The van der Waals surface area contributed by atoms with Crippen LogP contribution < -0.4 is 5.43 Å². The molecule has 0 radical (unpaired) electrons. The van der Waals surface area contributed by atoms with E-state index in [1.807, 2.05) is 6.08 Å². The first-order valence-corrected chi connectivity index (χ1v) is 3.61. The number of nitrogens with one attached hydrogen (secondary N) is 1. The maximum absolute atomic E-state index is 11.1. The van der Waals surface area contributed by atoms with Gasteiger partial charge in [0.2, 0.25) is 0 Å². The summed E-state index contributed by atoms with van der Waals surface area (Å²) >= 11 is 0. The molecule has 1 N–H and O–H groups in total. The molecule has 0 spiro atoms. The van der Waals surface area contributed by atoms with Gasteiger partial charge in [-0.25, -0.2) is 5.43 Å². The van der Waals surface area contributed by atoms with Crippen molar-refractivity contribution in [3.8, 4) is 0 Å². The molecule has 0 fully saturated rings. The van der Waals surface area contributed by atoms with Crippen molar-refractivity contribution in [3.63, 3.8) is 0 Å². The zero-order chi connectivity index (χ0) is 8.72. The van der Waals surface area contributed by atoms with E-state index in [4.69, 9.17) is 0 Å². The van der Waals surface area contributed by atoms with Crippen molar-refractivity contribution in [1.29, 1.82) is 0 Å². The first kappa shape index (κ1) is 7.08. The zero-order valence-corrected chi connectivity index (χ0v) is 6.85. The normalized spacial score (nSPS) is 27.0. The van der Waals surface area contributed by atoms with Gasteiger partial charge in [-0.15, -0.1) is 0 Å². The Bertz CT molecular complexity index is 284. The smallest absolute Gasteiger partial charge is 0.266 e. The number of amides is 1. The summed E-state index contributed by atoms with van der Waals surface area (Å²) < 4.78 is 0. The molecule has 1 atom stereocenters. The largest absolute Gasteiger partial charge is 0.268 e. The monoisotopic (exact) mass is 167 g/mol. The Morgan fingerprint density at radius 2 is 2.33 bits per heavy atom. The van der Waals surface area contributed by atoms with Crippen LogP contribution in [0.25, 0.3) is 0 Å². The van der Waals surface area contributed by atoms with Crippen LogP contribution in [0.5, 0.6) is 0 Å². The van der Waals surface area contributed by atoms with Gasteiger partial charge < -0.3 is 0 Å². The fraction of sp³-hybridized carbons (Fsp3) is 0.500. The van der Waals surface area contributed by atoms with E-state index in [0.717, 1.165) is 0 Å². The molecule has 1 unspecified atom stereocenters. The second-order valence-electron chi connectivity index (χ2n) is 2.80. The molecular formula is C6H9N5O. The van der Waals surface area contributed by atoms with Crippen LogP contribution in [-0.2, 0) is 4.79 Å². The van der Waals surface area contributed by atoms with E-state index in [2.05, 4.69) is 15.9 Å². The van der Waals surface area contributed by atoms with Crippen LogP contribution in [0.4, 0.5) is 0 Å². The Balaban J connectivity index is 2.30. The Morgan fingerprint density at radius 1 is 1.58 bits per heavy atom. The maximum atomic E-state index is 11.1. The first-order chi connectivity index (χ1) is 5.68. The highest BCUT2D eigenvalue weighted by Crippen LogP contribution is 2.18. The van der Waals surface area contributed by atoms with Crippen molar-refractivity contribution in [2.24, 2.45) is 10.4 Å². The van der Waals surface area contributed by atoms with Gasteiger partial charge in [0.25, 0.3) is 5.91 Å². The Labute approximate surface area is 69.5 Å². The van der Waals surface area contributed by atoms with Crippen LogP contribution in [-0.4, -0.2) is 29.2 Å². The highest BCUT2D eigenvalue weighted by molar-refractivity contribution is 5.93. The van der Waals surface area contributed by atoms with Gasteiger partial charge in [0.15, 0.2) is 6.17 Å². The third-order valence-corrected chi connectivity index (χ3v) is 1.88. The van der Waals surface area contributed by atoms with Gasteiger partial charge in [0.1, 0.15) is 0 Å². The number of hydrazine groups is 1. The van der Waals surface area contributed by atoms with Crippen molar-refractivity contribution in [2.75, 3.05) is 7.05 Å². The number of fused-ring (bicyclic) bond motifs is 1. The van der Waals surface area contributed by atoms with Gasteiger partial charge in [-0.05, 0) is 23.4 Å². The van der Waals surface area contributed by atoms with E-state index in [1.165, 1.54) is 5.12 Å². The van der Waals surface area contributed by atoms with Crippen molar-refractivity contribution in [1.82, 2.24) is 15.6 Å². The van der Waals surface area contributed by atoms with E-state index in [9.17, 15) is 4.79 Å². The lowest BCUT2D eigenvalue weighted by molar-refractivity contribution is -0.124. The quantitative estimate of drug-likeness (QED) is 0.545. The maximum Gasteiger partial charge on any atom is 0.266 e. The predicted molar refractivity (Wildman–Crippen MR) is 40.1 cm³/mol. The molecule has 2 rings (SSSR count). The summed E-state index contributed by atoms with van der Waals surface area (Å²) in [5.41, 5.74) is 3.27. The lowest BCUT2D eigenvalue weighted by Gasteiger charge is -2.27. The second-order valence-corrected chi connectivity index (χ2v) is 2.80. The summed E-state index contributed by atoms with van der Waals surface area (Å²) in [6, 6.07) is 0. The molecule has 64 valence electrons. The fourth-order valence-corrected chi connectivity index (χ4v) is 1.13. The number of nitrogens with zero attached hydrogens (tertiary/aromatic N) is 4. The van der Waals surface area contributed by atoms with Crippen LogP contribution in [0, 0.1) is 0 Å². The molecule has 2 aliphatic rings. The fourth-order valence-electron chi connectivity index (χ4n) is 1.13. The van der Waals surface area contributed by atoms with Gasteiger partial charge in [-0.3, -0.25) is 9.80 Å². The van der Waals surface area contributed by atoms with Gasteiger partial charge in [-0.2, -0.15) is 5.12 Å². The molecule has 0 bridgehead atoms. The lowest BCUT2D eigenvalue weighted by atomic mass is 10.2. The minimum atomic E-state index is -0.125. The molecule has 2 heterocycles. The number of rotatable bonds is 0. The summed E-state index contributed by atoms with van der Waals surface area (Å²) in [7, 11) is 1.80. The third kappa shape index (κ3) is 0.843. The van der Waals surface area contributed by atoms with Crippen molar-refractivity contribution < 1.29 is 4.79 Å². The second kappa shape index (κ2) is 2.20. The molecule has 12 heavy (non-hydrogen) atoms. The molecule has 0 saturated carbocycles. The summed E-state index contributed by atoms with van der Waals surface area (Å²) in [5, 5.41) is 10.6. The summed E-state index contributed by atoms with van der Waals surface area (Å²) in [6.45, 7) is 1.76. The topological polar surface area (TPSA) is 60.3 Å². The summed E-state index contributed by atoms with van der Waals surface area (Å²) in [4.78, 5) is 11.1. The van der Waals surface area contributed by atoms with E-state index in [1.54, 1.807) is 19.0 Å². The van der Waals surface area contributed by atoms with Gasteiger partial charge >= 0.3 is 0 Å². The molecular weight excluding hydrogens is 158 g/mol. The van der Waals surface area contributed by atoms with Crippen LogP contribution >= 0.6 is 0 Å². The molecule has 6 heteroatoms. The van der Waals surface area contributed by atoms with Gasteiger partial charge in [-0.1, -0.05) is 0 Å². The van der Waals surface area contributed by atoms with Crippen molar-refractivity contribution in [2.45, 2.75) is 13.1 Å². The van der Waals surface area contributed by atoms with Crippen molar-refractivity contribution in [3.05, 3.63) is 11.6 Å². The van der Waals surface area contributed by atoms with E-state index >= 15 is 0 Å². The third-order valence-electron chi connectivity index (χ3n) is 1.88. The number of carbonyl (C=O) groups is 1. The van der Waals surface area contributed by atoms with Crippen LogP contribution in [0.2, 0.25) is 0 Å². The van der Waals surface area contributed by atoms with Gasteiger partial charge in [0.05, 0.1) is 0 Å². The molecule has 2 aliphatic heterocycles. The summed E-state index contributed by atoms with van der Waals surface area (Å²) in [6.07, 6.45) is 1.75. The molecule has 1 amide bonds. The first-order valence-electron chi connectivity index (χ1n) is 3.61. The molecule has 6 nitrogen and oxygen atoms in total. The minimum absolute atomic E-state index is 0.0669. The molecule has 0 saturated heterocycles. The number of likely N-dealkylation sites (N-methyl/N-ethyl adjacent to an activating group) is 1.